The van der Waals surface area contributed by atoms with Gasteiger partial charge in [0, 0.05) is 0 Å². The number of halogens is 10. The second-order valence-electron chi connectivity index (χ2n) is 10.5. The first-order valence-corrected chi connectivity index (χ1v) is 16.0. The second kappa shape index (κ2) is 18.0. The molecule has 0 spiro atoms. The van der Waals surface area contributed by atoms with Crippen molar-refractivity contribution in [3.05, 3.63) is 115 Å². The van der Waals surface area contributed by atoms with Crippen LogP contribution in [-0.4, -0.2) is 46.3 Å². The highest BCUT2D eigenvalue weighted by Crippen LogP contribution is 2.38. The zero-order valence-corrected chi connectivity index (χ0v) is 30.0. The number of carboxylic acid groups (broad SMARTS) is 2. The van der Waals surface area contributed by atoms with Gasteiger partial charge in [-0.15, -0.1) is 0 Å². The number of esters is 2. The molecule has 4 aromatic carbocycles. The van der Waals surface area contributed by atoms with Crippen LogP contribution in [0.4, 0.5) is 26.3 Å². The molecule has 4 rings (SSSR count). The van der Waals surface area contributed by atoms with E-state index in [0.29, 0.717) is 12.1 Å². The quantitative estimate of drug-likeness (QED) is 0.117. The molecule has 0 saturated carbocycles. The van der Waals surface area contributed by atoms with Gasteiger partial charge in [-0.25, -0.2) is 19.2 Å². The first kappa shape index (κ1) is 43.5. The van der Waals surface area contributed by atoms with Crippen LogP contribution in [0, 0.1) is 0 Å². The van der Waals surface area contributed by atoms with Crippen LogP contribution in [0.1, 0.15) is 45.7 Å². The van der Waals surface area contributed by atoms with Gasteiger partial charge in [0.2, 0.25) is 0 Å². The van der Waals surface area contributed by atoms with E-state index in [4.69, 9.17) is 75.6 Å². The Labute approximate surface area is 320 Å². The van der Waals surface area contributed by atoms with Crippen LogP contribution in [-0.2, 0) is 31.4 Å². The molecule has 0 fully saturated rings. The Morgan fingerprint density at radius 1 is 0.537 bits per heavy atom. The zero-order chi connectivity index (χ0) is 40.7. The fraction of sp³-hybridized carbons (Fsp3) is 0.176. The summed E-state index contributed by atoms with van der Waals surface area (Å²) in [5, 5.41) is 16.9. The lowest BCUT2D eigenvalue weighted by atomic mass is 10.2. The molecule has 0 aliphatic rings. The van der Waals surface area contributed by atoms with Crippen molar-refractivity contribution >= 4 is 70.3 Å². The van der Waals surface area contributed by atoms with Gasteiger partial charge in [-0.2, -0.15) is 26.3 Å². The molecule has 20 heteroatoms. The molecule has 4 aromatic rings. The molecule has 0 heterocycles. The summed E-state index contributed by atoms with van der Waals surface area (Å²) in [6.45, 7) is 2.33. The highest BCUT2D eigenvalue weighted by molar-refractivity contribution is 6.34. The molecule has 0 radical (unpaired) electrons. The van der Waals surface area contributed by atoms with Gasteiger partial charge in [0.15, 0.2) is 12.2 Å². The third-order valence-electron chi connectivity index (χ3n) is 6.55. The summed E-state index contributed by atoms with van der Waals surface area (Å²) in [6.07, 6.45) is -11.9. The molecule has 0 aliphatic carbocycles. The van der Waals surface area contributed by atoms with Gasteiger partial charge >= 0.3 is 36.2 Å². The van der Waals surface area contributed by atoms with Crippen LogP contribution >= 0.6 is 46.4 Å². The number of ether oxygens (including phenoxy) is 4. The van der Waals surface area contributed by atoms with Crippen molar-refractivity contribution in [2.45, 2.75) is 38.4 Å². The molecule has 54 heavy (non-hydrogen) atoms. The average Bonchev–Trinajstić information content (AvgIpc) is 3.07. The number of carbonyl (C=O) groups is 4. The van der Waals surface area contributed by atoms with Crippen molar-refractivity contribution in [1.82, 2.24) is 0 Å². The largest absolute Gasteiger partial charge is 0.479 e. The Hall–Kier alpha value is -4.90. The Balaban J connectivity index is 0.000000290. The van der Waals surface area contributed by atoms with Gasteiger partial charge in [-0.1, -0.05) is 46.4 Å². The second-order valence-corrected chi connectivity index (χ2v) is 12.2. The summed E-state index contributed by atoms with van der Waals surface area (Å²) in [5.41, 5.74) is -2.23. The lowest BCUT2D eigenvalue weighted by Crippen LogP contribution is -2.23. The van der Waals surface area contributed by atoms with Crippen LogP contribution in [0.3, 0.4) is 0 Å². The van der Waals surface area contributed by atoms with Crippen molar-refractivity contribution in [2.24, 2.45) is 0 Å². The number of carboxylic acids is 2. The van der Waals surface area contributed by atoms with E-state index in [1.165, 1.54) is 24.3 Å². The molecular formula is C34H22Cl4F6O10. The number of hydrogen-bond donors (Lipinski definition) is 2. The molecule has 2 atom stereocenters. The van der Waals surface area contributed by atoms with Crippen molar-refractivity contribution in [3.8, 4) is 23.0 Å². The maximum Gasteiger partial charge on any atom is 0.416 e. The van der Waals surface area contributed by atoms with E-state index >= 15 is 0 Å². The SMILES string of the molecule is CC(OC(=O)c1cc(Oc2ccc(C(F)(F)F)cc2Cl)ccc1Cl)C(=O)O.C[C@H](OC(=O)c1cc(Oc2ccc(C(F)(F)F)cc2Cl)ccc1Cl)C(=O)O. The smallest absolute Gasteiger partial charge is 0.416 e. The van der Waals surface area contributed by atoms with E-state index < -0.39 is 59.6 Å². The molecule has 0 aromatic heterocycles. The molecular weight excluding hydrogens is 824 g/mol. The third-order valence-corrected chi connectivity index (χ3v) is 7.80. The number of rotatable bonds is 10. The van der Waals surface area contributed by atoms with Crippen molar-refractivity contribution in [1.29, 1.82) is 0 Å². The van der Waals surface area contributed by atoms with Gasteiger partial charge in [0.25, 0.3) is 0 Å². The average molecular weight is 846 g/mol. The lowest BCUT2D eigenvalue weighted by molar-refractivity contribution is -0.146. The number of aliphatic carboxylic acids is 2. The summed E-state index contributed by atoms with van der Waals surface area (Å²) in [4.78, 5) is 45.6. The minimum atomic E-state index is -4.56. The highest BCUT2D eigenvalue weighted by Gasteiger charge is 2.32. The van der Waals surface area contributed by atoms with E-state index in [2.05, 4.69) is 0 Å². The van der Waals surface area contributed by atoms with Gasteiger partial charge < -0.3 is 29.2 Å². The molecule has 0 amide bonds. The molecule has 0 bridgehead atoms. The van der Waals surface area contributed by atoms with Crippen LogP contribution in [0.5, 0.6) is 23.0 Å². The van der Waals surface area contributed by atoms with Gasteiger partial charge in [0.1, 0.15) is 23.0 Å². The van der Waals surface area contributed by atoms with Crippen LogP contribution < -0.4 is 9.47 Å². The summed E-state index contributed by atoms with van der Waals surface area (Å²) < 4.78 is 96.2. The molecule has 0 saturated heterocycles. The zero-order valence-electron chi connectivity index (χ0n) is 27.0. The monoisotopic (exact) mass is 844 g/mol. The minimum Gasteiger partial charge on any atom is -0.479 e. The number of carbonyl (C=O) groups excluding carboxylic acids is 2. The van der Waals surface area contributed by atoms with E-state index in [-0.39, 0.29) is 54.2 Å². The summed E-state index contributed by atoms with van der Waals surface area (Å²) in [7, 11) is 0. The predicted octanol–water partition coefficient (Wildman–Crippen LogP) is 10.9. The first-order chi connectivity index (χ1) is 25.0. The predicted molar refractivity (Wildman–Crippen MR) is 181 cm³/mol. The fourth-order valence-corrected chi connectivity index (χ4v) is 4.60. The van der Waals surface area contributed by atoms with E-state index in [1.807, 2.05) is 0 Å². The van der Waals surface area contributed by atoms with Gasteiger partial charge in [-0.05, 0) is 86.6 Å². The number of alkyl halides is 6. The Morgan fingerprint density at radius 2 is 0.870 bits per heavy atom. The van der Waals surface area contributed by atoms with E-state index in [0.717, 1.165) is 50.2 Å². The standard InChI is InChI=1S/2C17H11Cl2F3O5/c2*1-8(15(23)24)26-16(25)11-7-10(3-4-12(11)18)27-14-5-2-9(6-13(14)19)17(20,21)22/h2*2-8H,1H3,(H,23,24)/t8-;/m0./s1. The van der Waals surface area contributed by atoms with Crippen LogP contribution in [0.15, 0.2) is 72.8 Å². The molecule has 10 nitrogen and oxygen atoms in total. The molecule has 2 N–H and O–H groups in total. The molecule has 1 unspecified atom stereocenters. The van der Waals surface area contributed by atoms with Crippen molar-refractivity contribution in [2.75, 3.05) is 0 Å². The highest BCUT2D eigenvalue weighted by atomic mass is 35.5. The summed E-state index contributed by atoms with van der Waals surface area (Å²) >= 11 is 23.4. The third kappa shape index (κ3) is 12.1. The summed E-state index contributed by atoms with van der Waals surface area (Å²) in [5.74, 6) is -4.77. The Kier molecular flexibility index (Phi) is 14.5. The number of benzene rings is 4. The summed E-state index contributed by atoms with van der Waals surface area (Å²) in [6, 6.07) is 12.7. The topological polar surface area (TPSA) is 146 Å². The molecule has 288 valence electrons. The van der Waals surface area contributed by atoms with E-state index in [1.54, 1.807) is 0 Å². The maximum atomic E-state index is 12.7. The van der Waals surface area contributed by atoms with Crippen molar-refractivity contribution < 1.29 is 74.7 Å². The minimum absolute atomic E-state index is 0.0246. The van der Waals surface area contributed by atoms with Crippen LogP contribution in [0.2, 0.25) is 20.1 Å². The fourth-order valence-electron chi connectivity index (χ4n) is 3.77. The van der Waals surface area contributed by atoms with Gasteiger partial charge in [0.05, 0.1) is 42.3 Å². The number of hydrogen-bond acceptors (Lipinski definition) is 8. The first-order valence-electron chi connectivity index (χ1n) is 14.5. The maximum absolute atomic E-state index is 12.7. The van der Waals surface area contributed by atoms with Crippen molar-refractivity contribution in [3.63, 3.8) is 0 Å². The van der Waals surface area contributed by atoms with E-state index in [9.17, 15) is 45.5 Å². The Morgan fingerprint density at radius 3 is 1.15 bits per heavy atom. The van der Waals surface area contributed by atoms with Crippen LogP contribution in [0.25, 0.3) is 0 Å². The molecule has 0 aliphatic heterocycles. The Bertz CT molecular complexity index is 1910. The normalized spacial score (nSPS) is 12.4. The lowest BCUT2D eigenvalue weighted by Gasteiger charge is -2.13. The van der Waals surface area contributed by atoms with Gasteiger partial charge in [-0.3, -0.25) is 0 Å².